The number of hydrogen-bond acceptors (Lipinski definition) is 15. The second-order valence-electron chi connectivity index (χ2n) is 16.6. The van der Waals surface area contributed by atoms with Gasteiger partial charge in [-0.25, -0.2) is 28.3 Å². The van der Waals surface area contributed by atoms with Crippen molar-refractivity contribution in [3.05, 3.63) is 107 Å². The smallest absolute Gasteiger partial charge is 0.329 e. The Hall–Kier alpha value is -6.75. The molecule has 0 saturated carbocycles. The maximum absolute atomic E-state index is 14.3. The number of carbonyl (C=O) groups is 9. The molecule has 19 nitrogen and oxygen atoms in total. The van der Waals surface area contributed by atoms with Crippen molar-refractivity contribution >= 4 is 76.9 Å². The van der Waals surface area contributed by atoms with Gasteiger partial charge in [0.05, 0.1) is 37.3 Å². The average molecular weight is 1040 g/mol. The summed E-state index contributed by atoms with van der Waals surface area (Å²) in [6, 6.07) is 2.59. The lowest BCUT2D eigenvalue weighted by molar-refractivity contribution is -0.153. The van der Waals surface area contributed by atoms with Crippen LogP contribution in [0.15, 0.2) is 72.1 Å². The zero-order chi connectivity index (χ0) is 53.5. The van der Waals surface area contributed by atoms with Gasteiger partial charge in [0, 0.05) is 12.2 Å². The zero-order valence-electron chi connectivity index (χ0n) is 41.1. The first-order valence-corrected chi connectivity index (χ1v) is 24.7. The van der Waals surface area contributed by atoms with Crippen LogP contribution in [0.2, 0.25) is 0 Å². The van der Waals surface area contributed by atoms with E-state index in [0.29, 0.717) is 30.8 Å². The minimum Gasteiger partial charge on any atom is -0.456 e. The highest BCUT2D eigenvalue weighted by molar-refractivity contribution is 8.13. The highest BCUT2D eigenvalue weighted by Gasteiger charge is 2.32. The van der Waals surface area contributed by atoms with Gasteiger partial charge in [-0.3, -0.25) is 33.6 Å². The van der Waals surface area contributed by atoms with E-state index in [9.17, 15) is 51.9 Å². The summed E-state index contributed by atoms with van der Waals surface area (Å²) in [4.78, 5) is 121. The number of nitrogens with one attached hydrogen (secondary N) is 6. The number of nitrogens with zero attached hydrogens (tertiary/aromatic N) is 2. The molecule has 0 radical (unpaired) electrons. The number of thioether (sulfide) groups is 1. The molecule has 6 N–H and O–H groups in total. The predicted octanol–water partition coefficient (Wildman–Crippen LogP) is 4.35. The van der Waals surface area contributed by atoms with Crippen LogP contribution in [-0.4, -0.2) is 98.3 Å². The van der Waals surface area contributed by atoms with E-state index in [4.69, 9.17) is 9.47 Å². The Morgan fingerprint density at radius 2 is 1.11 bits per heavy atom. The molecule has 0 spiro atoms. The van der Waals surface area contributed by atoms with E-state index in [1.165, 1.54) is 49.9 Å². The Morgan fingerprint density at radius 1 is 0.694 bits per heavy atom. The topological polar surface area (TPSA) is 270 Å². The summed E-state index contributed by atoms with van der Waals surface area (Å²) in [5.41, 5.74) is -1.01. The number of esters is 2. The summed E-state index contributed by atoms with van der Waals surface area (Å²) in [6.07, 6.45) is 8.61. The molecule has 0 unspecified atom stereocenters. The van der Waals surface area contributed by atoms with Crippen molar-refractivity contribution in [2.75, 3.05) is 11.5 Å². The fraction of sp³-hybridized carbons (Fsp3) is 0.449. The molecule has 0 aliphatic carbocycles. The van der Waals surface area contributed by atoms with Crippen LogP contribution in [0, 0.1) is 23.5 Å². The van der Waals surface area contributed by atoms with E-state index in [0.717, 1.165) is 12.1 Å². The van der Waals surface area contributed by atoms with Gasteiger partial charge in [-0.1, -0.05) is 70.7 Å². The molecular weight excluding hydrogens is 979 g/mol. The molecule has 6 amide bonds. The molecule has 2 aromatic heterocycles. The lowest BCUT2D eigenvalue weighted by Gasteiger charge is -2.24. The molecule has 23 heteroatoms. The van der Waals surface area contributed by atoms with Crippen LogP contribution in [0.1, 0.15) is 113 Å². The maximum atomic E-state index is 14.3. The van der Waals surface area contributed by atoms with E-state index in [-0.39, 0.29) is 59.7 Å². The standard InChI is InChI=1S/C26H33FN4O6S.C23H29FN4O5S/c1-5-19-24(34)31-22(15(3)4)26(36)37-17(9-7-8-12-38-21(33)6-2)13-20(32)28-14-16-10-11-18(27)23(29-16)25(35)30-19;1-4-17-21(30)28-19(13(2)3)23(32)33-15(7-5-6-10-34)11-18(29)25-12-14-8-9-16(24)20(26-14)22(31)27-17/h5,7,9-11,15,17,22H,6,8,12-14H2,1-4H3,(H,28,32)(H,30,35)(H,31,34);4-5,7-9,13,15,19,34H,6,10-12H2,1-3H3,(H,25,29)(H,27,31)(H,28,30)/b9-7+,19-5-;7-5+,17-4-/t17-,22+;15-,19+/m11/s1. The minimum atomic E-state index is -1.10. The summed E-state index contributed by atoms with van der Waals surface area (Å²) >= 11 is 5.33. The number of pyridine rings is 2. The Kier molecular flexibility index (Phi) is 25.0. The first-order chi connectivity index (χ1) is 34.2. The fourth-order valence-electron chi connectivity index (χ4n) is 6.34. The highest BCUT2D eigenvalue weighted by atomic mass is 32.2. The third kappa shape index (κ3) is 19.5. The van der Waals surface area contributed by atoms with Crippen molar-refractivity contribution in [3.8, 4) is 0 Å². The van der Waals surface area contributed by atoms with Crippen LogP contribution >= 0.6 is 24.4 Å². The van der Waals surface area contributed by atoms with Crippen LogP contribution in [-0.2, 0) is 56.1 Å². The van der Waals surface area contributed by atoms with Crippen molar-refractivity contribution in [3.63, 3.8) is 0 Å². The number of aromatic nitrogens is 2. The quantitative estimate of drug-likeness (QED) is 0.0574. The third-order valence-corrected chi connectivity index (χ3v) is 11.6. The Labute approximate surface area is 426 Å². The molecule has 2 aliphatic heterocycles. The molecule has 4 rings (SSSR count). The van der Waals surface area contributed by atoms with E-state index in [2.05, 4.69) is 54.5 Å². The van der Waals surface area contributed by atoms with Crippen molar-refractivity contribution in [2.24, 2.45) is 11.8 Å². The Balaban J connectivity index is 0.000000383. The van der Waals surface area contributed by atoms with E-state index < -0.39 is 101 Å². The SMILES string of the molecule is C/C=C1\NC(=O)c2nc(ccc2F)CNC(=O)C[C@@H](/C=C/CCS)OC(=O)[C@H](C(C)C)NC1=O.C/C=C1\NC(=O)c2nc(ccc2F)CNC(=O)C[C@@H](/C=C/CCSC(=O)CC)OC(=O)[C@H](C(C)C)NC1=O. The van der Waals surface area contributed by atoms with Gasteiger partial charge in [0.25, 0.3) is 23.6 Å². The van der Waals surface area contributed by atoms with E-state index >= 15 is 0 Å². The molecule has 4 atom stereocenters. The number of hydrogen-bond donors (Lipinski definition) is 7. The molecule has 2 aliphatic rings. The van der Waals surface area contributed by atoms with Gasteiger partial charge in [-0.15, -0.1) is 0 Å². The summed E-state index contributed by atoms with van der Waals surface area (Å²) in [6.45, 7) is 11.4. The molecule has 390 valence electrons. The van der Waals surface area contributed by atoms with Gasteiger partial charge in [-0.05, 0) is 80.7 Å². The van der Waals surface area contributed by atoms with Gasteiger partial charge in [0.2, 0.25) is 11.8 Å². The van der Waals surface area contributed by atoms with Crippen LogP contribution in [0.4, 0.5) is 8.78 Å². The molecule has 4 bridgehead atoms. The number of cyclic esters (lactones) is 2. The second kappa shape index (κ2) is 30.2. The van der Waals surface area contributed by atoms with Crippen LogP contribution in [0.5, 0.6) is 0 Å². The molecule has 2 aromatic rings. The van der Waals surface area contributed by atoms with Crippen molar-refractivity contribution in [1.82, 2.24) is 41.9 Å². The lowest BCUT2D eigenvalue weighted by atomic mass is 10.0. The first kappa shape index (κ1) is 59.6. The normalized spacial score (nSPS) is 21.3. The molecule has 0 saturated heterocycles. The zero-order valence-corrected chi connectivity index (χ0v) is 42.8. The summed E-state index contributed by atoms with van der Waals surface area (Å²) in [5.74, 6) is -7.29. The van der Waals surface area contributed by atoms with E-state index in [1.807, 2.05) is 0 Å². The minimum absolute atomic E-state index is 0.0682. The number of allylic oxidation sites excluding steroid dienone is 4. The Bertz CT molecular complexity index is 2450. The number of carbonyl (C=O) groups excluding carboxylic acids is 9. The molecule has 4 heterocycles. The van der Waals surface area contributed by atoms with Gasteiger partial charge >= 0.3 is 11.9 Å². The lowest BCUT2D eigenvalue weighted by Crippen LogP contribution is -2.48. The monoisotopic (exact) mass is 1040 g/mol. The maximum Gasteiger partial charge on any atom is 0.329 e. The van der Waals surface area contributed by atoms with Crippen LogP contribution in [0.25, 0.3) is 0 Å². The first-order valence-electron chi connectivity index (χ1n) is 23.1. The van der Waals surface area contributed by atoms with Crippen LogP contribution in [0.3, 0.4) is 0 Å². The molecule has 0 fully saturated rings. The Morgan fingerprint density at radius 3 is 1.49 bits per heavy atom. The summed E-state index contributed by atoms with van der Waals surface area (Å²) < 4.78 is 39.7. The number of halogens is 2. The number of thiol groups is 1. The average Bonchev–Trinajstić information content (AvgIpc) is 3.33. The molecule has 0 aromatic carbocycles. The number of amides is 6. The summed E-state index contributed by atoms with van der Waals surface area (Å²) in [5, 5.41) is 15.1. The van der Waals surface area contributed by atoms with Gasteiger partial charge in [-0.2, -0.15) is 12.6 Å². The van der Waals surface area contributed by atoms with Crippen molar-refractivity contribution in [1.29, 1.82) is 0 Å². The van der Waals surface area contributed by atoms with Crippen LogP contribution < -0.4 is 31.9 Å². The van der Waals surface area contributed by atoms with Gasteiger partial charge in [0.15, 0.2) is 28.1 Å². The largest absolute Gasteiger partial charge is 0.456 e. The third-order valence-electron chi connectivity index (χ3n) is 10.3. The molecular formula is C49H62F2N8O11S2. The number of rotatable bonds is 10. The summed E-state index contributed by atoms with van der Waals surface area (Å²) in [7, 11) is 0. The molecule has 72 heavy (non-hydrogen) atoms. The van der Waals surface area contributed by atoms with E-state index in [1.54, 1.807) is 58.9 Å². The fourth-order valence-corrected chi connectivity index (χ4v) is 7.18. The predicted molar refractivity (Wildman–Crippen MR) is 266 cm³/mol. The van der Waals surface area contributed by atoms with Gasteiger partial charge < -0.3 is 41.4 Å². The van der Waals surface area contributed by atoms with Gasteiger partial charge in [0.1, 0.15) is 35.7 Å². The van der Waals surface area contributed by atoms with Crippen molar-refractivity contribution in [2.45, 2.75) is 118 Å². The van der Waals surface area contributed by atoms with Crippen molar-refractivity contribution < 1.29 is 61.4 Å². The highest BCUT2D eigenvalue weighted by Crippen LogP contribution is 2.16. The second-order valence-corrected chi connectivity index (χ2v) is 18.2. The number of fused-ring (bicyclic) bond motifs is 4. The number of ether oxygens (including phenoxy) is 2.